The Balaban J connectivity index is 1.64. The second-order valence-electron chi connectivity index (χ2n) is 10.4. The number of aryl methyl sites for hydroxylation is 4. The number of likely N-dealkylation sites (tertiary alicyclic amines) is 1. The van der Waals surface area contributed by atoms with E-state index in [0.29, 0.717) is 6.04 Å². The second-order valence-corrected chi connectivity index (χ2v) is 10.4. The maximum Gasteiger partial charge on any atom is 0.151 e. The van der Waals surface area contributed by atoms with E-state index < -0.39 is 0 Å². The molecule has 5 rings (SSSR count). The van der Waals surface area contributed by atoms with Crippen LogP contribution in [0.3, 0.4) is 0 Å². The van der Waals surface area contributed by atoms with Crippen LogP contribution in [-0.2, 0) is 0 Å². The number of hydrogen-bond acceptors (Lipinski definition) is 4. The molecule has 1 unspecified atom stereocenters. The lowest BCUT2D eigenvalue weighted by Gasteiger charge is -2.23. The average Bonchev–Trinajstić information content (AvgIpc) is 3.44. The Bertz CT molecular complexity index is 1320. The van der Waals surface area contributed by atoms with E-state index in [1.807, 2.05) is 6.92 Å². The van der Waals surface area contributed by atoms with E-state index in [2.05, 4.69) is 78.9 Å². The minimum absolute atomic E-state index is 0.406. The van der Waals surface area contributed by atoms with E-state index in [9.17, 15) is 0 Å². The van der Waals surface area contributed by atoms with Crippen molar-refractivity contribution in [3.8, 4) is 5.69 Å². The predicted octanol–water partition coefficient (Wildman–Crippen LogP) is 6.87. The number of nitrogens with zero attached hydrogens (tertiary/aromatic N) is 4. The summed E-state index contributed by atoms with van der Waals surface area (Å²) in [6.07, 6.45) is 6.14. The molecule has 5 nitrogen and oxygen atoms in total. The molecule has 0 amide bonds. The van der Waals surface area contributed by atoms with Crippen LogP contribution in [0.25, 0.3) is 27.6 Å². The van der Waals surface area contributed by atoms with E-state index in [0.717, 1.165) is 48.5 Å². The molecule has 35 heavy (non-hydrogen) atoms. The van der Waals surface area contributed by atoms with Crippen LogP contribution in [0.5, 0.6) is 0 Å². The highest BCUT2D eigenvalue weighted by atomic mass is 15.1. The van der Waals surface area contributed by atoms with Gasteiger partial charge in [0.1, 0.15) is 11.6 Å². The van der Waals surface area contributed by atoms with Crippen molar-refractivity contribution < 1.29 is 0 Å². The minimum atomic E-state index is 0.406. The van der Waals surface area contributed by atoms with Crippen molar-refractivity contribution in [2.75, 3.05) is 25.0 Å². The van der Waals surface area contributed by atoms with Gasteiger partial charge in [0.25, 0.3) is 0 Å². The molecule has 5 heteroatoms. The van der Waals surface area contributed by atoms with Gasteiger partial charge in [0.15, 0.2) is 5.65 Å². The molecule has 1 aliphatic heterocycles. The monoisotopic (exact) mass is 469 g/mol. The predicted molar refractivity (Wildman–Crippen MR) is 148 cm³/mol. The molecule has 1 aliphatic rings. The Labute approximate surface area is 209 Å². The maximum absolute atomic E-state index is 5.02. The summed E-state index contributed by atoms with van der Waals surface area (Å²) in [4.78, 5) is 12.6. The Hall–Kier alpha value is -2.92. The van der Waals surface area contributed by atoms with Gasteiger partial charge in [-0.2, -0.15) is 0 Å². The Morgan fingerprint density at radius 1 is 0.943 bits per heavy atom. The molecular formula is C30H39N5. The van der Waals surface area contributed by atoms with Crippen LogP contribution in [0.2, 0.25) is 0 Å². The molecule has 3 heterocycles. The van der Waals surface area contributed by atoms with Gasteiger partial charge < -0.3 is 10.2 Å². The number of para-hydroxylation sites is 1. The lowest BCUT2D eigenvalue weighted by Crippen LogP contribution is -2.28. The molecule has 2 aromatic heterocycles. The van der Waals surface area contributed by atoms with Gasteiger partial charge in [-0.1, -0.05) is 49.2 Å². The third kappa shape index (κ3) is 4.66. The normalized spacial score (nSPS) is 15.3. The van der Waals surface area contributed by atoms with Crippen LogP contribution in [0.4, 0.5) is 5.82 Å². The minimum Gasteiger partial charge on any atom is -0.367 e. The lowest BCUT2D eigenvalue weighted by atomic mass is 10.0. The first kappa shape index (κ1) is 23.8. The number of anilines is 1. The molecule has 0 radical (unpaired) electrons. The molecule has 0 spiro atoms. The van der Waals surface area contributed by atoms with Gasteiger partial charge in [0.2, 0.25) is 0 Å². The van der Waals surface area contributed by atoms with Crippen LogP contribution >= 0.6 is 0 Å². The van der Waals surface area contributed by atoms with Crippen molar-refractivity contribution in [2.45, 2.75) is 72.8 Å². The Kier molecular flexibility index (Phi) is 6.79. The Morgan fingerprint density at radius 2 is 1.66 bits per heavy atom. The molecule has 0 saturated carbocycles. The second kappa shape index (κ2) is 9.98. The molecule has 1 N–H and O–H groups in total. The standard InChI is InChI=1S/C30H39N5/c1-6-11-24(14-17-34-15-9-10-16-34)33-29-27-25-12-7-8-13-26(25)35(30(27)32-23(5)31-29)28-21(3)18-20(2)19-22(28)4/h7-8,12-13,18-19,24H,6,9-11,14-17H2,1-5H3,(H,31,32,33). The van der Waals surface area contributed by atoms with Crippen LogP contribution in [0.15, 0.2) is 36.4 Å². The molecule has 1 fully saturated rings. The molecule has 0 bridgehead atoms. The quantitative estimate of drug-likeness (QED) is 0.306. The summed E-state index contributed by atoms with van der Waals surface area (Å²) in [6, 6.07) is 13.6. The van der Waals surface area contributed by atoms with E-state index in [-0.39, 0.29) is 0 Å². The number of rotatable bonds is 8. The first-order valence-corrected chi connectivity index (χ1v) is 13.3. The summed E-state index contributed by atoms with van der Waals surface area (Å²) >= 11 is 0. The van der Waals surface area contributed by atoms with E-state index in [1.54, 1.807) is 0 Å². The fourth-order valence-corrected chi connectivity index (χ4v) is 5.99. The molecule has 1 saturated heterocycles. The summed E-state index contributed by atoms with van der Waals surface area (Å²) in [6.45, 7) is 14.5. The van der Waals surface area contributed by atoms with Gasteiger partial charge in [-0.25, -0.2) is 9.97 Å². The van der Waals surface area contributed by atoms with Crippen molar-refractivity contribution in [1.82, 2.24) is 19.4 Å². The first-order valence-electron chi connectivity index (χ1n) is 13.3. The third-order valence-electron chi connectivity index (χ3n) is 7.46. The van der Waals surface area contributed by atoms with E-state index in [1.165, 1.54) is 59.2 Å². The number of hydrogen-bond donors (Lipinski definition) is 1. The molecule has 2 aromatic carbocycles. The number of benzene rings is 2. The van der Waals surface area contributed by atoms with Crippen molar-refractivity contribution in [3.05, 3.63) is 58.9 Å². The number of aromatic nitrogens is 3. The lowest BCUT2D eigenvalue weighted by molar-refractivity contribution is 0.322. The Morgan fingerprint density at radius 3 is 2.37 bits per heavy atom. The summed E-state index contributed by atoms with van der Waals surface area (Å²) in [5, 5.41) is 6.23. The van der Waals surface area contributed by atoms with Gasteiger partial charge in [0, 0.05) is 18.0 Å². The smallest absolute Gasteiger partial charge is 0.151 e. The largest absolute Gasteiger partial charge is 0.367 e. The van der Waals surface area contributed by atoms with Gasteiger partial charge in [-0.3, -0.25) is 4.57 Å². The number of nitrogens with one attached hydrogen (secondary N) is 1. The van der Waals surface area contributed by atoms with Gasteiger partial charge in [-0.05, 0) is 83.7 Å². The van der Waals surface area contributed by atoms with Gasteiger partial charge >= 0.3 is 0 Å². The van der Waals surface area contributed by atoms with Crippen molar-refractivity contribution in [2.24, 2.45) is 0 Å². The molecule has 1 atom stereocenters. The highest BCUT2D eigenvalue weighted by molar-refractivity contribution is 6.13. The number of fused-ring (bicyclic) bond motifs is 3. The molecule has 4 aromatic rings. The molecule has 184 valence electrons. The molecule has 0 aliphatic carbocycles. The van der Waals surface area contributed by atoms with Crippen LogP contribution in [-0.4, -0.2) is 45.1 Å². The summed E-state index contributed by atoms with van der Waals surface area (Å²) in [5.41, 5.74) is 7.23. The zero-order chi connectivity index (χ0) is 24.5. The van der Waals surface area contributed by atoms with Gasteiger partial charge in [0.05, 0.1) is 16.6 Å². The van der Waals surface area contributed by atoms with Crippen molar-refractivity contribution in [1.29, 1.82) is 0 Å². The summed E-state index contributed by atoms with van der Waals surface area (Å²) < 4.78 is 2.35. The summed E-state index contributed by atoms with van der Waals surface area (Å²) in [7, 11) is 0. The fourth-order valence-electron chi connectivity index (χ4n) is 5.99. The first-order chi connectivity index (χ1) is 17.0. The SMILES string of the molecule is CCCC(CCN1CCCC1)Nc1nc(C)nc2c1c1ccccc1n2-c1c(C)cc(C)cc1C. The van der Waals surface area contributed by atoms with Crippen molar-refractivity contribution >= 4 is 27.8 Å². The zero-order valence-electron chi connectivity index (χ0n) is 22.0. The highest BCUT2D eigenvalue weighted by Crippen LogP contribution is 2.37. The van der Waals surface area contributed by atoms with Crippen LogP contribution < -0.4 is 5.32 Å². The highest BCUT2D eigenvalue weighted by Gasteiger charge is 2.22. The van der Waals surface area contributed by atoms with Gasteiger partial charge in [-0.15, -0.1) is 0 Å². The van der Waals surface area contributed by atoms with E-state index >= 15 is 0 Å². The van der Waals surface area contributed by atoms with Crippen LogP contribution in [0, 0.1) is 27.7 Å². The van der Waals surface area contributed by atoms with Crippen molar-refractivity contribution in [3.63, 3.8) is 0 Å². The topological polar surface area (TPSA) is 46.0 Å². The third-order valence-corrected chi connectivity index (χ3v) is 7.46. The average molecular weight is 470 g/mol. The fraction of sp³-hybridized carbons (Fsp3) is 0.467. The summed E-state index contributed by atoms with van der Waals surface area (Å²) in [5.74, 6) is 1.78. The van der Waals surface area contributed by atoms with Crippen LogP contribution in [0.1, 0.15) is 61.5 Å². The van der Waals surface area contributed by atoms with E-state index in [4.69, 9.17) is 9.97 Å². The zero-order valence-corrected chi connectivity index (χ0v) is 22.0. The maximum atomic E-state index is 5.02. The molecular weight excluding hydrogens is 430 g/mol.